The van der Waals surface area contributed by atoms with Gasteiger partial charge in [-0.1, -0.05) is 6.92 Å². The summed E-state index contributed by atoms with van der Waals surface area (Å²) in [5, 5.41) is 117. The van der Waals surface area contributed by atoms with Crippen LogP contribution in [-0.2, 0) is 47.5 Å². The molecule has 5 unspecified atom stereocenters. The van der Waals surface area contributed by atoms with Gasteiger partial charge < -0.3 is 105 Å². The minimum Gasteiger partial charge on any atom is -0.508 e. The van der Waals surface area contributed by atoms with E-state index in [1.54, 1.807) is 0 Å². The van der Waals surface area contributed by atoms with E-state index in [0.717, 1.165) is 20.3 Å². The summed E-state index contributed by atoms with van der Waals surface area (Å²) >= 11 is 0. The third-order valence-corrected chi connectivity index (χ3v) is 10.7. The van der Waals surface area contributed by atoms with Crippen LogP contribution in [0.15, 0.2) is 22.9 Å². The molecule has 0 saturated carbocycles. The lowest BCUT2D eigenvalue weighted by Crippen LogP contribution is -2.64. The second kappa shape index (κ2) is 37.6. The van der Waals surface area contributed by atoms with E-state index in [-0.39, 0.29) is 44.7 Å². The van der Waals surface area contributed by atoms with Crippen LogP contribution in [-0.4, -0.2) is 208 Å². The van der Waals surface area contributed by atoms with Crippen LogP contribution in [0.2, 0.25) is 0 Å². The molecule has 24 heteroatoms. The van der Waals surface area contributed by atoms with Crippen LogP contribution in [0.3, 0.4) is 0 Å². The molecule has 404 valence electrons. The van der Waals surface area contributed by atoms with Crippen LogP contribution in [0.1, 0.15) is 105 Å². The van der Waals surface area contributed by atoms with Crippen molar-refractivity contribution in [3.63, 3.8) is 0 Å². The van der Waals surface area contributed by atoms with Gasteiger partial charge in [-0.15, -0.1) is 0 Å². The lowest BCUT2D eigenvalue weighted by atomic mass is 9.97. The molecule has 1 heterocycles. The van der Waals surface area contributed by atoms with E-state index >= 15 is 0 Å². The van der Waals surface area contributed by atoms with E-state index in [1.807, 2.05) is 6.92 Å². The van der Waals surface area contributed by atoms with Crippen LogP contribution in [0.5, 0.6) is 0 Å². The van der Waals surface area contributed by atoms with Crippen molar-refractivity contribution >= 4 is 17.7 Å². The highest BCUT2D eigenvalue weighted by Gasteiger charge is 2.45. The Bertz CT molecular complexity index is 1480. The summed E-state index contributed by atoms with van der Waals surface area (Å²) in [5.74, 6) is -3.09. The zero-order valence-corrected chi connectivity index (χ0v) is 40.6. The third-order valence-electron chi connectivity index (χ3n) is 10.7. The van der Waals surface area contributed by atoms with E-state index in [4.69, 9.17) is 43.4 Å². The molecule has 0 aromatic carbocycles. The smallest absolute Gasteiger partial charge is 0.221 e. The first-order chi connectivity index (χ1) is 32.9. The summed E-state index contributed by atoms with van der Waals surface area (Å²) in [7, 11) is 0. The van der Waals surface area contributed by atoms with Gasteiger partial charge >= 0.3 is 0 Å². The lowest BCUT2D eigenvalue weighted by Gasteiger charge is -2.42. The molecule has 1 aliphatic heterocycles. The van der Waals surface area contributed by atoms with Crippen LogP contribution >= 0.6 is 0 Å². The molecule has 11 atom stereocenters. The fourth-order valence-electron chi connectivity index (χ4n) is 6.92. The molecule has 0 radical (unpaired) electrons. The van der Waals surface area contributed by atoms with Crippen molar-refractivity contribution in [3.8, 4) is 0 Å². The average molecular weight is 1000 g/mol. The summed E-state index contributed by atoms with van der Waals surface area (Å²) in [4.78, 5) is 34.9. The maximum atomic E-state index is 11.7. The number of amides is 3. The molecule has 1 fully saturated rings. The quantitative estimate of drug-likeness (QED) is 0.0196. The number of rotatable bonds is 40. The van der Waals surface area contributed by atoms with Crippen molar-refractivity contribution in [3.05, 3.63) is 22.9 Å². The van der Waals surface area contributed by atoms with E-state index in [9.17, 15) is 60.3 Å². The molecule has 0 bridgehead atoms. The first-order valence-corrected chi connectivity index (χ1v) is 23.8. The van der Waals surface area contributed by atoms with Crippen LogP contribution in [0, 0.1) is 5.92 Å². The Labute approximate surface area is 404 Å². The molecule has 1 aliphatic rings. The summed E-state index contributed by atoms with van der Waals surface area (Å²) in [5.41, 5.74) is -0.804. The van der Waals surface area contributed by atoms with Crippen LogP contribution < -0.4 is 16.0 Å². The van der Waals surface area contributed by atoms with Gasteiger partial charge in [-0.3, -0.25) is 14.4 Å². The second-order valence-corrected chi connectivity index (χ2v) is 16.8. The normalized spacial score (nSPS) is 21.8. The van der Waals surface area contributed by atoms with Crippen molar-refractivity contribution in [1.82, 2.24) is 16.0 Å². The predicted octanol–water partition coefficient (Wildman–Crippen LogP) is -1.13. The summed E-state index contributed by atoms with van der Waals surface area (Å²) in [6, 6.07) is -1.01. The number of carbonyl (C=O) groups is 3. The van der Waals surface area contributed by atoms with Gasteiger partial charge in [-0.25, -0.2) is 0 Å². The monoisotopic (exact) mass is 1000 g/mol. The summed E-state index contributed by atoms with van der Waals surface area (Å²) in [6.45, 7) is 6.65. The minimum atomic E-state index is -1.73. The molecule has 1 rings (SSSR count). The molecule has 0 aromatic rings. The van der Waals surface area contributed by atoms with Gasteiger partial charge in [0.05, 0.1) is 32.5 Å². The first-order valence-electron chi connectivity index (χ1n) is 23.8. The summed E-state index contributed by atoms with van der Waals surface area (Å²) in [6.07, 6.45) is -5.77. The van der Waals surface area contributed by atoms with Gasteiger partial charge in [0.15, 0.2) is 18.9 Å². The fourth-order valence-corrected chi connectivity index (χ4v) is 6.92. The average Bonchev–Trinajstić information content (AvgIpc) is 3.30. The molecule has 0 spiro atoms. The topological polar surface area (TPSA) is 374 Å². The van der Waals surface area contributed by atoms with Crippen molar-refractivity contribution in [2.45, 2.75) is 166 Å². The first kappa shape index (κ1) is 63.9. The van der Waals surface area contributed by atoms with Gasteiger partial charge in [0, 0.05) is 85.8 Å². The Morgan fingerprint density at radius 2 is 1.04 bits per heavy atom. The molecular weight excluding hydrogens is 918 g/mol. The highest BCUT2D eigenvalue weighted by atomic mass is 16.7. The molecule has 14 N–H and O–H groups in total. The highest BCUT2D eigenvalue weighted by Crippen LogP contribution is 2.23. The van der Waals surface area contributed by atoms with Crippen molar-refractivity contribution < 1.29 is 104 Å². The Hall–Kier alpha value is -3.15. The molecule has 1 saturated heterocycles. The Balaban J connectivity index is 2.65. The van der Waals surface area contributed by atoms with E-state index in [0.29, 0.717) is 90.8 Å². The van der Waals surface area contributed by atoms with Gasteiger partial charge in [-0.2, -0.15) is 0 Å². The Morgan fingerprint density at radius 1 is 0.580 bits per heavy atom. The SMILES string of the molecule is CC(=O)N/C(=C(/O)[C@@H](O)CCO)[C@@H](O)OCCCCCOCC(C)C(CCOCCCCCO[C@@H]1OC(CO)[C@H](O)C(O)C1NC(C)=O)OCCCCCO[C@H](O)/C(NC(C)=O)=C(\O)[C@@H](O)CCO. The number of unbranched alkanes of at least 4 members (excludes halogenated alkanes) is 6. The van der Waals surface area contributed by atoms with Gasteiger partial charge in [0.1, 0.15) is 59.5 Å². The molecular formula is C45H83N3O21. The Morgan fingerprint density at radius 3 is 1.51 bits per heavy atom. The maximum Gasteiger partial charge on any atom is 0.221 e. The standard InChI is InChI=1S/C45H83N3O21/c1-28(27-64-20-9-6-11-22-66-43(61)36(46-29(2)52)39(57)32(55)14-17-49)34(65-21-10-7-12-23-67-44(62)37(47-30(3)53)40(58)33(56)15-18-50)16-25-63-19-8-5-13-24-68-45-38(48-31(4)54)42(60)41(59)35(26-51)69-45/h28,32-35,38,41-45,49-51,55-62H,5-27H2,1-4H3,(H,46,52)(H,47,53)(H,48,54)/b39-36+,40-37+/t28?,32-,33-,34?,35?,38?,41-,42?,43-,44-,45+/m0/s1. The maximum absolute atomic E-state index is 11.7. The van der Waals surface area contributed by atoms with Gasteiger partial charge in [0.2, 0.25) is 17.7 Å². The zero-order valence-electron chi connectivity index (χ0n) is 40.6. The van der Waals surface area contributed by atoms with E-state index in [2.05, 4.69) is 16.0 Å². The highest BCUT2D eigenvalue weighted by molar-refractivity contribution is 5.75. The van der Waals surface area contributed by atoms with Crippen LogP contribution in [0.4, 0.5) is 0 Å². The van der Waals surface area contributed by atoms with Crippen molar-refractivity contribution in [2.24, 2.45) is 5.92 Å². The lowest BCUT2D eigenvalue weighted by molar-refractivity contribution is -0.270. The number of nitrogens with one attached hydrogen (secondary N) is 3. The van der Waals surface area contributed by atoms with E-state index in [1.165, 1.54) is 6.92 Å². The van der Waals surface area contributed by atoms with Crippen LogP contribution in [0.25, 0.3) is 0 Å². The molecule has 24 nitrogen and oxygen atoms in total. The second-order valence-electron chi connectivity index (χ2n) is 16.8. The molecule has 0 aliphatic carbocycles. The van der Waals surface area contributed by atoms with Crippen molar-refractivity contribution in [2.75, 3.05) is 72.7 Å². The fraction of sp³-hybridized carbons (Fsp3) is 0.844. The van der Waals surface area contributed by atoms with Gasteiger partial charge in [-0.05, 0) is 64.2 Å². The number of aliphatic hydroxyl groups excluding tert-OH is 11. The Kier molecular flexibility index (Phi) is 34.8. The summed E-state index contributed by atoms with van der Waals surface area (Å²) < 4.78 is 40.3. The third kappa shape index (κ3) is 26.8. The van der Waals surface area contributed by atoms with Crippen molar-refractivity contribution in [1.29, 1.82) is 0 Å². The number of hydrogen-bond donors (Lipinski definition) is 14. The minimum absolute atomic E-state index is 0.0308. The predicted molar refractivity (Wildman–Crippen MR) is 244 cm³/mol. The number of carbonyl (C=O) groups excluding carboxylic acids is 3. The number of ether oxygens (including phenoxy) is 7. The molecule has 3 amide bonds. The molecule has 0 aromatic heterocycles. The number of hydrogen-bond acceptors (Lipinski definition) is 21. The zero-order chi connectivity index (χ0) is 51.7. The largest absolute Gasteiger partial charge is 0.508 e. The molecule has 69 heavy (non-hydrogen) atoms. The number of aliphatic hydroxyl groups is 11. The van der Waals surface area contributed by atoms with Gasteiger partial charge in [0.25, 0.3) is 0 Å². The van der Waals surface area contributed by atoms with E-state index < -0.39 is 116 Å².